The number of halogens is 1. The molecule has 0 saturated carbocycles. The summed E-state index contributed by atoms with van der Waals surface area (Å²) in [5.41, 5.74) is 8.06. The zero-order chi connectivity index (χ0) is 11.4. The van der Waals surface area contributed by atoms with Crippen LogP contribution in [0.5, 0.6) is 0 Å². The van der Waals surface area contributed by atoms with Gasteiger partial charge in [-0.15, -0.1) is 0 Å². The van der Waals surface area contributed by atoms with Crippen LogP contribution in [-0.2, 0) is 4.74 Å². The lowest BCUT2D eigenvalue weighted by atomic mass is 10.1. The summed E-state index contributed by atoms with van der Waals surface area (Å²) < 4.78 is 6.82. The summed E-state index contributed by atoms with van der Waals surface area (Å²) in [6.45, 7) is 6.60. The largest absolute Gasteiger partial charge is 0.370 e. The van der Waals surface area contributed by atoms with Crippen LogP contribution in [0.25, 0.3) is 0 Å². The Kier molecular flexibility index (Phi) is 4.77. The molecule has 0 fully saturated rings. The molecule has 0 aliphatic rings. The fourth-order valence-electron chi connectivity index (χ4n) is 1.48. The minimum Gasteiger partial charge on any atom is -0.370 e. The summed E-state index contributed by atoms with van der Waals surface area (Å²) in [5.74, 6) is 0. The van der Waals surface area contributed by atoms with Gasteiger partial charge in [-0.2, -0.15) is 0 Å². The molecule has 0 radical (unpaired) electrons. The first kappa shape index (κ1) is 12.7. The molecule has 1 atom stereocenters. The fourth-order valence-corrected chi connectivity index (χ4v) is 2.23. The summed E-state index contributed by atoms with van der Waals surface area (Å²) in [7, 11) is 0. The summed E-state index contributed by atoms with van der Waals surface area (Å²) in [5, 5.41) is 0. The molecule has 3 heteroatoms. The van der Waals surface area contributed by atoms with E-state index in [-0.39, 0.29) is 12.2 Å². The van der Waals surface area contributed by atoms with Gasteiger partial charge in [-0.1, -0.05) is 28.1 Å². The SMILES string of the molecule is Cc1ccc(C(CN)OC(C)C)c(Br)c1. The monoisotopic (exact) mass is 271 g/mol. The second-order valence-electron chi connectivity index (χ2n) is 3.93. The van der Waals surface area contributed by atoms with Crippen LogP contribution in [0.4, 0.5) is 0 Å². The first-order chi connectivity index (χ1) is 7.04. The van der Waals surface area contributed by atoms with Crippen LogP contribution in [0.3, 0.4) is 0 Å². The van der Waals surface area contributed by atoms with Gasteiger partial charge < -0.3 is 10.5 Å². The number of hydrogen-bond donors (Lipinski definition) is 1. The van der Waals surface area contributed by atoms with Crippen molar-refractivity contribution in [2.24, 2.45) is 5.73 Å². The Morgan fingerprint density at radius 3 is 2.53 bits per heavy atom. The lowest BCUT2D eigenvalue weighted by Gasteiger charge is -2.20. The normalized spacial score (nSPS) is 13.2. The predicted octanol–water partition coefficient (Wildman–Crippen LogP) is 3.18. The van der Waals surface area contributed by atoms with Crippen LogP contribution in [0.15, 0.2) is 22.7 Å². The Morgan fingerprint density at radius 2 is 2.07 bits per heavy atom. The first-order valence-electron chi connectivity index (χ1n) is 5.16. The molecular weight excluding hydrogens is 254 g/mol. The highest BCUT2D eigenvalue weighted by atomic mass is 79.9. The molecule has 1 unspecified atom stereocenters. The van der Waals surface area contributed by atoms with Gasteiger partial charge in [0.1, 0.15) is 0 Å². The third kappa shape index (κ3) is 3.59. The van der Waals surface area contributed by atoms with Gasteiger partial charge in [0.2, 0.25) is 0 Å². The number of rotatable bonds is 4. The van der Waals surface area contributed by atoms with Gasteiger partial charge in [-0.25, -0.2) is 0 Å². The van der Waals surface area contributed by atoms with Crippen molar-refractivity contribution in [1.82, 2.24) is 0 Å². The lowest BCUT2D eigenvalue weighted by Crippen LogP contribution is -2.19. The van der Waals surface area contributed by atoms with E-state index in [1.54, 1.807) is 0 Å². The average molecular weight is 272 g/mol. The number of benzene rings is 1. The third-order valence-electron chi connectivity index (χ3n) is 2.15. The third-order valence-corrected chi connectivity index (χ3v) is 2.84. The van der Waals surface area contributed by atoms with Crippen molar-refractivity contribution in [2.75, 3.05) is 6.54 Å². The minimum absolute atomic E-state index is 0.0278. The van der Waals surface area contributed by atoms with Gasteiger partial charge in [0.25, 0.3) is 0 Å². The van der Waals surface area contributed by atoms with Crippen molar-refractivity contribution >= 4 is 15.9 Å². The smallest absolute Gasteiger partial charge is 0.0961 e. The van der Waals surface area contributed by atoms with Gasteiger partial charge in [-0.3, -0.25) is 0 Å². The van der Waals surface area contributed by atoms with E-state index < -0.39 is 0 Å². The Balaban J connectivity index is 2.91. The Hall–Kier alpha value is -0.380. The van der Waals surface area contributed by atoms with Gasteiger partial charge in [0.15, 0.2) is 0 Å². The molecule has 84 valence electrons. The zero-order valence-electron chi connectivity index (χ0n) is 9.46. The summed E-state index contributed by atoms with van der Waals surface area (Å²) in [6, 6.07) is 6.23. The van der Waals surface area contributed by atoms with Crippen LogP contribution < -0.4 is 5.73 Å². The lowest BCUT2D eigenvalue weighted by molar-refractivity contribution is 0.0116. The molecule has 2 nitrogen and oxygen atoms in total. The molecule has 1 aromatic carbocycles. The molecule has 0 aromatic heterocycles. The van der Waals surface area contributed by atoms with Crippen molar-refractivity contribution in [2.45, 2.75) is 33.0 Å². The van der Waals surface area contributed by atoms with Crippen LogP contribution in [-0.4, -0.2) is 12.6 Å². The van der Waals surface area contributed by atoms with E-state index in [1.165, 1.54) is 5.56 Å². The molecule has 2 N–H and O–H groups in total. The Morgan fingerprint density at radius 1 is 1.40 bits per heavy atom. The molecule has 0 aliphatic heterocycles. The van der Waals surface area contributed by atoms with Crippen molar-refractivity contribution in [3.63, 3.8) is 0 Å². The van der Waals surface area contributed by atoms with E-state index in [9.17, 15) is 0 Å². The molecule has 0 amide bonds. The average Bonchev–Trinajstić information content (AvgIpc) is 2.14. The standard InChI is InChI=1S/C12H18BrNO/c1-8(2)15-12(7-14)10-5-4-9(3)6-11(10)13/h4-6,8,12H,7,14H2,1-3H3. The molecule has 1 aromatic rings. The molecular formula is C12H18BrNO. The molecule has 0 spiro atoms. The van der Waals surface area contributed by atoms with Gasteiger partial charge >= 0.3 is 0 Å². The van der Waals surface area contributed by atoms with Crippen LogP contribution in [0.1, 0.15) is 31.1 Å². The summed E-state index contributed by atoms with van der Waals surface area (Å²) in [6.07, 6.45) is 0.159. The van der Waals surface area contributed by atoms with Gasteiger partial charge in [0, 0.05) is 11.0 Å². The summed E-state index contributed by atoms with van der Waals surface area (Å²) in [4.78, 5) is 0. The van der Waals surface area contributed by atoms with E-state index in [2.05, 4.69) is 41.1 Å². The van der Waals surface area contributed by atoms with Crippen LogP contribution in [0, 0.1) is 6.92 Å². The predicted molar refractivity (Wildman–Crippen MR) is 66.9 cm³/mol. The molecule has 0 aliphatic carbocycles. The van der Waals surface area contributed by atoms with E-state index >= 15 is 0 Å². The number of ether oxygens (including phenoxy) is 1. The van der Waals surface area contributed by atoms with Gasteiger partial charge in [0.05, 0.1) is 12.2 Å². The number of hydrogen-bond acceptors (Lipinski definition) is 2. The fraction of sp³-hybridized carbons (Fsp3) is 0.500. The number of aryl methyl sites for hydroxylation is 1. The number of nitrogens with two attached hydrogens (primary N) is 1. The Bertz CT molecular complexity index is 325. The van der Waals surface area contributed by atoms with E-state index in [1.807, 2.05) is 13.8 Å². The maximum atomic E-state index is 5.75. The highest BCUT2D eigenvalue weighted by molar-refractivity contribution is 9.10. The maximum Gasteiger partial charge on any atom is 0.0961 e. The van der Waals surface area contributed by atoms with Crippen molar-refractivity contribution < 1.29 is 4.74 Å². The highest BCUT2D eigenvalue weighted by Crippen LogP contribution is 2.27. The van der Waals surface area contributed by atoms with E-state index in [0.29, 0.717) is 6.54 Å². The second kappa shape index (κ2) is 5.64. The molecule has 0 saturated heterocycles. The first-order valence-corrected chi connectivity index (χ1v) is 5.95. The molecule has 0 bridgehead atoms. The quantitative estimate of drug-likeness (QED) is 0.913. The van der Waals surface area contributed by atoms with Crippen LogP contribution >= 0.6 is 15.9 Å². The van der Waals surface area contributed by atoms with Gasteiger partial charge in [-0.05, 0) is 38.0 Å². The van der Waals surface area contributed by atoms with Crippen molar-refractivity contribution in [3.05, 3.63) is 33.8 Å². The molecule has 1 rings (SSSR count). The van der Waals surface area contributed by atoms with Crippen molar-refractivity contribution in [3.8, 4) is 0 Å². The molecule has 0 heterocycles. The highest BCUT2D eigenvalue weighted by Gasteiger charge is 2.14. The second-order valence-corrected chi connectivity index (χ2v) is 4.79. The maximum absolute atomic E-state index is 5.75. The summed E-state index contributed by atoms with van der Waals surface area (Å²) >= 11 is 3.54. The van der Waals surface area contributed by atoms with E-state index in [4.69, 9.17) is 10.5 Å². The zero-order valence-corrected chi connectivity index (χ0v) is 11.0. The van der Waals surface area contributed by atoms with Crippen LogP contribution in [0.2, 0.25) is 0 Å². The Labute approximate surface area is 99.9 Å². The van der Waals surface area contributed by atoms with Crippen molar-refractivity contribution in [1.29, 1.82) is 0 Å². The molecule has 15 heavy (non-hydrogen) atoms. The topological polar surface area (TPSA) is 35.2 Å². The van der Waals surface area contributed by atoms with E-state index in [0.717, 1.165) is 10.0 Å². The minimum atomic E-state index is -0.0278.